The van der Waals surface area contributed by atoms with E-state index in [1.165, 1.54) is 25.9 Å². The number of piperidine rings is 1. The third kappa shape index (κ3) is 5.35. The van der Waals surface area contributed by atoms with Gasteiger partial charge in [-0.15, -0.1) is 0 Å². The molecule has 0 aromatic rings. The van der Waals surface area contributed by atoms with E-state index in [1.54, 1.807) is 0 Å². The molecule has 94 valence electrons. The predicted molar refractivity (Wildman–Crippen MR) is 66.5 cm³/mol. The van der Waals surface area contributed by atoms with Crippen LogP contribution in [0.5, 0.6) is 0 Å². The molecule has 4 heteroatoms. The second-order valence-corrected chi connectivity index (χ2v) is 4.72. The van der Waals surface area contributed by atoms with Crippen LogP contribution in [-0.2, 0) is 0 Å². The van der Waals surface area contributed by atoms with Gasteiger partial charge in [-0.3, -0.25) is 0 Å². The van der Waals surface area contributed by atoms with E-state index in [0.717, 1.165) is 31.8 Å². The molecule has 1 rings (SSSR count). The number of rotatable bonds is 5. The van der Waals surface area contributed by atoms with Crippen LogP contribution in [0.3, 0.4) is 0 Å². The maximum atomic E-state index is 11.3. The second-order valence-electron chi connectivity index (χ2n) is 4.72. The number of hydrogen-bond donors (Lipinski definition) is 2. The quantitative estimate of drug-likeness (QED) is 0.746. The summed E-state index contributed by atoms with van der Waals surface area (Å²) in [6.45, 7) is 6.03. The number of amides is 2. The molecule has 4 nitrogen and oxygen atoms in total. The maximum absolute atomic E-state index is 11.3. The minimum absolute atomic E-state index is 0.0187. The summed E-state index contributed by atoms with van der Waals surface area (Å²) in [5.74, 6) is 0.794. The predicted octanol–water partition coefficient (Wildman–Crippen LogP) is 1.43. The standard InChI is InChI=1S/C12H25N3O/c1-3-7-13-12(16)14-8-4-11-5-9-15(2)10-6-11/h11H,3-10H2,1-2H3,(H2,13,14,16). The van der Waals surface area contributed by atoms with Gasteiger partial charge in [0.15, 0.2) is 0 Å². The van der Waals surface area contributed by atoms with E-state index in [-0.39, 0.29) is 6.03 Å². The van der Waals surface area contributed by atoms with Crippen LogP contribution in [-0.4, -0.2) is 44.2 Å². The van der Waals surface area contributed by atoms with Crippen LogP contribution in [0.25, 0.3) is 0 Å². The summed E-state index contributed by atoms with van der Waals surface area (Å²) < 4.78 is 0. The highest BCUT2D eigenvalue weighted by Crippen LogP contribution is 2.18. The summed E-state index contributed by atoms with van der Waals surface area (Å²) in [5.41, 5.74) is 0. The van der Waals surface area contributed by atoms with Crippen LogP contribution < -0.4 is 10.6 Å². The third-order valence-electron chi connectivity index (χ3n) is 3.21. The molecule has 1 aliphatic rings. The van der Waals surface area contributed by atoms with E-state index in [2.05, 4.69) is 29.5 Å². The van der Waals surface area contributed by atoms with Crippen molar-refractivity contribution in [3.05, 3.63) is 0 Å². The molecule has 1 saturated heterocycles. The Kier molecular flexibility index (Phi) is 6.23. The number of carbonyl (C=O) groups is 1. The molecule has 0 saturated carbocycles. The molecule has 0 atom stereocenters. The van der Waals surface area contributed by atoms with Crippen molar-refractivity contribution in [3.8, 4) is 0 Å². The van der Waals surface area contributed by atoms with Crippen molar-refractivity contribution in [1.29, 1.82) is 0 Å². The Morgan fingerprint density at radius 3 is 2.50 bits per heavy atom. The second kappa shape index (κ2) is 7.49. The van der Waals surface area contributed by atoms with Crippen LogP contribution in [0.4, 0.5) is 4.79 Å². The van der Waals surface area contributed by atoms with Gasteiger partial charge >= 0.3 is 6.03 Å². The Labute approximate surface area is 98.8 Å². The zero-order valence-corrected chi connectivity index (χ0v) is 10.6. The molecular weight excluding hydrogens is 202 g/mol. The van der Waals surface area contributed by atoms with Crippen molar-refractivity contribution >= 4 is 6.03 Å². The number of hydrogen-bond acceptors (Lipinski definition) is 2. The van der Waals surface area contributed by atoms with Crippen molar-refractivity contribution < 1.29 is 4.79 Å². The minimum atomic E-state index is -0.0187. The van der Waals surface area contributed by atoms with Crippen LogP contribution in [0.2, 0.25) is 0 Å². The zero-order valence-electron chi connectivity index (χ0n) is 10.6. The first kappa shape index (κ1) is 13.3. The monoisotopic (exact) mass is 227 g/mol. The normalized spacial score (nSPS) is 18.4. The number of nitrogens with zero attached hydrogens (tertiary/aromatic N) is 1. The van der Waals surface area contributed by atoms with Crippen molar-refractivity contribution in [1.82, 2.24) is 15.5 Å². The van der Waals surface area contributed by atoms with Gasteiger partial charge in [0.25, 0.3) is 0 Å². The summed E-state index contributed by atoms with van der Waals surface area (Å²) in [5, 5.41) is 5.73. The lowest BCUT2D eigenvalue weighted by atomic mass is 9.94. The van der Waals surface area contributed by atoms with Gasteiger partial charge in [0.1, 0.15) is 0 Å². The molecule has 1 fully saturated rings. The fourth-order valence-electron chi connectivity index (χ4n) is 2.04. The van der Waals surface area contributed by atoms with Crippen molar-refractivity contribution in [3.63, 3.8) is 0 Å². The zero-order chi connectivity index (χ0) is 11.8. The Bertz CT molecular complexity index is 200. The van der Waals surface area contributed by atoms with Gasteiger partial charge in [0, 0.05) is 13.1 Å². The highest BCUT2D eigenvalue weighted by molar-refractivity contribution is 5.73. The first-order valence-corrected chi connectivity index (χ1v) is 6.42. The molecule has 2 N–H and O–H groups in total. The smallest absolute Gasteiger partial charge is 0.314 e. The molecule has 0 aromatic carbocycles. The molecule has 0 unspecified atom stereocenters. The summed E-state index contributed by atoms with van der Waals surface area (Å²) in [7, 11) is 2.17. The highest BCUT2D eigenvalue weighted by Gasteiger charge is 2.16. The van der Waals surface area contributed by atoms with E-state index in [0.29, 0.717) is 0 Å². The SMILES string of the molecule is CCCNC(=O)NCCC1CCN(C)CC1. The van der Waals surface area contributed by atoms with E-state index in [1.807, 2.05) is 0 Å². The van der Waals surface area contributed by atoms with Crippen LogP contribution >= 0.6 is 0 Å². The van der Waals surface area contributed by atoms with Crippen LogP contribution in [0.1, 0.15) is 32.6 Å². The molecule has 0 aliphatic carbocycles. The Balaban J connectivity index is 2.00. The maximum Gasteiger partial charge on any atom is 0.314 e. The largest absolute Gasteiger partial charge is 0.338 e. The average Bonchev–Trinajstić information content (AvgIpc) is 2.29. The van der Waals surface area contributed by atoms with Crippen LogP contribution in [0, 0.1) is 5.92 Å². The molecule has 0 spiro atoms. The lowest BCUT2D eigenvalue weighted by Crippen LogP contribution is -2.38. The van der Waals surface area contributed by atoms with Crippen LogP contribution in [0.15, 0.2) is 0 Å². The van der Waals surface area contributed by atoms with E-state index < -0.39 is 0 Å². The Morgan fingerprint density at radius 2 is 1.88 bits per heavy atom. The van der Waals surface area contributed by atoms with Gasteiger partial charge in [0.2, 0.25) is 0 Å². The van der Waals surface area contributed by atoms with Gasteiger partial charge in [-0.1, -0.05) is 6.92 Å². The summed E-state index contributed by atoms with van der Waals surface area (Å²) in [6.07, 6.45) is 4.65. The van der Waals surface area contributed by atoms with Gasteiger partial charge in [-0.25, -0.2) is 4.79 Å². The molecule has 0 aromatic heterocycles. The molecule has 0 radical (unpaired) electrons. The third-order valence-corrected chi connectivity index (χ3v) is 3.21. The highest BCUT2D eigenvalue weighted by atomic mass is 16.2. The minimum Gasteiger partial charge on any atom is -0.338 e. The first-order valence-electron chi connectivity index (χ1n) is 6.42. The molecule has 2 amide bonds. The first-order chi connectivity index (χ1) is 7.72. The van der Waals surface area contributed by atoms with Gasteiger partial charge < -0.3 is 15.5 Å². The summed E-state index contributed by atoms with van der Waals surface area (Å²) >= 11 is 0. The number of carbonyl (C=O) groups excluding carboxylic acids is 1. The number of likely N-dealkylation sites (tertiary alicyclic amines) is 1. The van der Waals surface area contributed by atoms with Crippen molar-refractivity contribution in [2.75, 3.05) is 33.2 Å². The lowest BCUT2D eigenvalue weighted by molar-refractivity contribution is 0.209. The molecule has 16 heavy (non-hydrogen) atoms. The number of nitrogens with one attached hydrogen (secondary N) is 2. The molecule has 1 aliphatic heterocycles. The van der Waals surface area contributed by atoms with E-state index in [9.17, 15) is 4.79 Å². The fourth-order valence-corrected chi connectivity index (χ4v) is 2.04. The Hall–Kier alpha value is -0.770. The summed E-state index contributed by atoms with van der Waals surface area (Å²) in [4.78, 5) is 13.6. The lowest BCUT2D eigenvalue weighted by Gasteiger charge is -2.28. The molecular formula is C12H25N3O. The fraction of sp³-hybridized carbons (Fsp3) is 0.917. The van der Waals surface area contributed by atoms with Crippen molar-refractivity contribution in [2.45, 2.75) is 32.6 Å². The Morgan fingerprint density at radius 1 is 1.25 bits per heavy atom. The van der Waals surface area contributed by atoms with Gasteiger partial charge in [-0.05, 0) is 51.7 Å². The number of urea groups is 1. The van der Waals surface area contributed by atoms with Gasteiger partial charge in [0.05, 0.1) is 0 Å². The topological polar surface area (TPSA) is 44.4 Å². The van der Waals surface area contributed by atoms with Crippen molar-refractivity contribution in [2.24, 2.45) is 5.92 Å². The summed E-state index contributed by atoms with van der Waals surface area (Å²) in [6, 6.07) is -0.0187. The van der Waals surface area contributed by atoms with E-state index >= 15 is 0 Å². The molecule has 1 heterocycles. The molecule has 0 bridgehead atoms. The van der Waals surface area contributed by atoms with E-state index in [4.69, 9.17) is 0 Å². The average molecular weight is 227 g/mol. The van der Waals surface area contributed by atoms with Gasteiger partial charge in [-0.2, -0.15) is 0 Å².